The summed E-state index contributed by atoms with van der Waals surface area (Å²) in [6, 6.07) is 20.6. The second-order valence-electron chi connectivity index (χ2n) is 14.6. The molecular formula is C42H56N4. The number of aromatic nitrogens is 4. The van der Waals surface area contributed by atoms with Gasteiger partial charge in [0.1, 0.15) is 11.6 Å². The van der Waals surface area contributed by atoms with Gasteiger partial charge >= 0.3 is 0 Å². The number of hydrogen-bond donors (Lipinski definition) is 0. The molecule has 0 N–H and O–H groups in total. The lowest BCUT2D eigenvalue weighted by Gasteiger charge is -2.33. The van der Waals surface area contributed by atoms with Gasteiger partial charge in [-0.1, -0.05) is 148 Å². The summed E-state index contributed by atoms with van der Waals surface area (Å²) in [6.45, 7) is 13.0. The fraction of sp³-hybridized carbons (Fsp3) is 0.524. The summed E-state index contributed by atoms with van der Waals surface area (Å²) < 4.78 is 0. The van der Waals surface area contributed by atoms with Crippen LogP contribution in [0, 0.1) is 6.92 Å². The average molecular weight is 617 g/mol. The Bertz CT molecular complexity index is 1550. The van der Waals surface area contributed by atoms with Crippen LogP contribution in [0.4, 0.5) is 0 Å². The van der Waals surface area contributed by atoms with Crippen LogP contribution in [0.15, 0.2) is 60.8 Å². The van der Waals surface area contributed by atoms with E-state index in [4.69, 9.17) is 9.97 Å². The number of hydrogen-bond acceptors (Lipinski definition) is 4. The summed E-state index contributed by atoms with van der Waals surface area (Å²) in [6.07, 6.45) is 20.3. The van der Waals surface area contributed by atoms with Gasteiger partial charge in [0.2, 0.25) is 0 Å². The normalized spacial score (nSPS) is 13.5. The third-order valence-corrected chi connectivity index (χ3v) is 9.92. The lowest BCUT2D eigenvalue weighted by atomic mass is 9.70. The molecule has 1 aliphatic carbocycles. The highest BCUT2D eigenvalue weighted by Crippen LogP contribution is 2.54. The molecule has 0 saturated carbocycles. The maximum Gasteiger partial charge on any atom is 0.164 e. The number of aryl methyl sites for hydroxylation is 1. The van der Waals surface area contributed by atoms with Crippen molar-refractivity contribution in [1.29, 1.82) is 0 Å². The Balaban J connectivity index is 1.46. The highest BCUT2D eigenvalue weighted by atomic mass is 15.0. The number of nitrogens with zero attached hydrogens (tertiary/aromatic N) is 4. The van der Waals surface area contributed by atoms with Crippen molar-refractivity contribution in [1.82, 2.24) is 19.9 Å². The molecule has 0 spiro atoms. The largest absolute Gasteiger partial charge is 0.255 e. The summed E-state index contributed by atoms with van der Waals surface area (Å²) in [5.74, 6) is 2.24. The monoisotopic (exact) mass is 616 g/mol. The number of benzene rings is 2. The Hall–Kier alpha value is -3.40. The summed E-state index contributed by atoms with van der Waals surface area (Å²) in [7, 11) is 0. The van der Waals surface area contributed by atoms with Crippen LogP contribution in [0.3, 0.4) is 0 Å². The summed E-state index contributed by atoms with van der Waals surface area (Å²) in [4.78, 5) is 19.0. The van der Waals surface area contributed by atoms with E-state index in [0.717, 1.165) is 22.9 Å². The Morgan fingerprint density at radius 1 is 0.609 bits per heavy atom. The zero-order valence-electron chi connectivity index (χ0n) is 29.5. The van der Waals surface area contributed by atoms with Gasteiger partial charge in [-0.2, -0.15) is 0 Å². The number of rotatable bonds is 16. The van der Waals surface area contributed by atoms with Crippen LogP contribution >= 0.6 is 0 Å². The SMILES string of the molecule is CCCCCCCCC1(CCCCCCCC)c2ccccc2-c2ccc(-c3ccc(-c4nc(C)nc(C(C)(C)C)n4)cn3)cc21. The second-order valence-corrected chi connectivity index (χ2v) is 14.6. The van der Waals surface area contributed by atoms with Crippen molar-refractivity contribution in [3.63, 3.8) is 0 Å². The van der Waals surface area contributed by atoms with Crippen molar-refractivity contribution in [2.75, 3.05) is 0 Å². The van der Waals surface area contributed by atoms with Crippen LogP contribution in [-0.4, -0.2) is 19.9 Å². The third-order valence-electron chi connectivity index (χ3n) is 9.92. The number of unbranched alkanes of at least 4 members (excludes halogenated alkanes) is 10. The van der Waals surface area contributed by atoms with Gasteiger partial charge < -0.3 is 0 Å². The smallest absolute Gasteiger partial charge is 0.164 e. The van der Waals surface area contributed by atoms with Crippen molar-refractivity contribution in [3.05, 3.63) is 83.6 Å². The van der Waals surface area contributed by atoms with Crippen LogP contribution in [0.2, 0.25) is 0 Å². The molecule has 0 fully saturated rings. The van der Waals surface area contributed by atoms with E-state index in [1.165, 1.54) is 112 Å². The first-order chi connectivity index (χ1) is 22.3. The molecule has 2 heterocycles. The van der Waals surface area contributed by atoms with Gasteiger partial charge in [0.15, 0.2) is 5.82 Å². The molecule has 2 aromatic carbocycles. The zero-order valence-corrected chi connectivity index (χ0v) is 29.5. The fourth-order valence-corrected chi connectivity index (χ4v) is 7.34. The Morgan fingerprint density at radius 2 is 1.22 bits per heavy atom. The van der Waals surface area contributed by atoms with Crippen molar-refractivity contribution in [2.24, 2.45) is 0 Å². The Morgan fingerprint density at radius 3 is 1.85 bits per heavy atom. The van der Waals surface area contributed by atoms with Crippen LogP contribution < -0.4 is 0 Å². The Labute approximate surface area is 279 Å². The minimum Gasteiger partial charge on any atom is -0.255 e. The van der Waals surface area contributed by atoms with Crippen LogP contribution in [0.25, 0.3) is 33.8 Å². The van der Waals surface area contributed by atoms with E-state index in [9.17, 15) is 0 Å². The maximum absolute atomic E-state index is 4.98. The van der Waals surface area contributed by atoms with Gasteiger partial charge in [0, 0.05) is 28.2 Å². The Kier molecular flexibility index (Phi) is 11.4. The molecule has 0 unspecified atom stereocenters. The predicted octanol–water partition coefficient (Wildman–Crippen LogP) is 12.0. The highest BCUT2D eigenvalue weighted by Gasteiger charge is 2.42. The van der Waals surface area contributed by atoms with Gasteiger partial charge in [0.05, 0.1) is 5.69 Å². The lowest BCUT2D eigenvalue weighted by molar-refractivity contribution is 0.398. The standard InChI is InChI=1S/C42H56N4/c1-7-9-11-13-15-19-27-42(28-20-16-14-12-10-8-2)36-22-18-17-21-34(36)35-25-23-32(29-37(35)42)38-26-24-33(30-43-38)39-44-31(3)45-40(46-39)41(4,5)6/h17-18,21-26,29-30H,7-16,19-20,27-28H2,1-6H3. The van der Waals surface area contributed by atoms with Gasteiger partial charge in [0.25, 0.3) is 0 Å². The summed E-state index contributed by atoms with van der Waals surface area (Å²) >= 11 is 0. The topological polar surface area (TPSA) is 51.6 Å². The molecule has 0 bridgehead atoms. The van der Waals surface area contributed by atoms with E-state index in [0.29, 0.717) is 5.82 Å². The molecule has 0 amide bonds. The molecule has 4 nitrogen and oxygen atoms in total. The van der Waals surface area contributed by atoms with Crippen LogP contribution in [0.1, 0.15) is 147 Å². The van der Waals surface area contributed by atoms with Crippen molar-refractivity contribution in [3.8, 4) is 33.8 Å². The van der Waals surface area contributed by atoms with Gasteiger partial charge in [-0.15, -0.1) is 0 Å². The number of fused-ring (bicyclic) bond motifs is 3. The first-order valence-corrected chi connectivity index (χ1v) is 18.2. The summed E-state index contributed by atoms with van der Waals surface area (Å²) in [5.41, 5.74) is 8.96. The molecule has 0 radical (unpaired) electrons. The molecule has 244 valence electrons. The quantitative estimate of drug-likeness (QED) is 0.118. The first-order valence-electron chi connectivity index (χ1n) is 18.2. The molecule has 4 aromatic rings. The minimum atomic E-state index is -0.144. The van der Waals surface area contributed by atoms with E-state index >= 15 is 0 Å². The molecule has 0 atom stereocenters. The van der Waals surface area contributed by atoms with E-state index in [1.54, 1.807) is 5.56 Å². The average Bonchev–Trinajstić information content (AvgIpc) is 3.33. The van der Waals surface area contributed by atoms with Crippen molar-refractivity contribution in [2.45, 2.75) is 142 Å². The molecule has 0 saturated heterocycles. The molecule has 2 aromatic heterocycles. The van der Waals surface area contributed by atoms with E-state index in [-0.39, 0.29) is 10.8 Å². The molecule has 1 aliphatic rings. The van der Waals surface area contributed by atoms with Gasteiger partial charge in [-0.3, -0.25) is 4.98 Å². The summed E-state index contributed by atoms with van der Waals surface area (Å²) in [5, 5.41) is 0. The van der Waals surface area contributed by atoms with Gasteiger partial charge in [-0.25, -0.2) is 15.0 Å². The number of pyridine rings is 1. The minimum absolute atomic E-state index is 0.0726. The first kappa shape index (κ1) is 33.9. The second kappa shape index (κ2) is 15.5. The third kappa shape index (κ3) is 7.76. The van der Waals surface area contributed by atoms with Crippen LogP contribution in [-0.2, 0) is 10.8 Å². The molecule has 0 aliphatic heterocycles. The van der Waals surface area contributed by atoms with E-state index in [1.807, 2.05) is 13.1 Å². The molecule has 5 rings (SSSR count). The zero-order chi connectivity index (χ0) is 32.6. The molecule has 46 heavy (non-hydrogen) atoms. The van der Waals surface area contributed by atoms with Crippen molar-refractivity contribution >= 4 is 0 Å². The van der Waals surface area contributed by atoms with Gasteiger partial charge in [-0.05, 0) is 60.2 Å². The molecular weight excluding hydrogens is 560 g/mol. The fourth-order valence-electron chi connectivity index (χ4n) is 7.34. The van der Waals surface area contributed by atoms with E-state index < -0.39 is 0 Å². The van der Waals surface area contributed by atoms with Crippen LogP contribution in [0.5, 0.6) is 0 Å². The maximum atomic E-state index is 4.98. The highest BCUT2D eigenvalue weighted by molar-refractivity contribution is 5.83. The lowest BCUT2D eigenvalue weighted by Crippen LogP contribution is -2.25. The predicted molar refractivity (Wildman–Crippen MR) is 194 cm³/mol. The van der Waals surface area contributed by atoms with E-state index in [2.05, 4.69) is 99.2 Å². The van der Waals surface area contributed by atoms with Crippen molar-refractivity contribution < 1.29 is 0 Å². The molecule has 4 heteroatoms.